The fraction of sp³-hybridized carbons (Fsp3) is 0.143. The number of nitro benzene ring substituents is 1. The first-order valence-corrected chi connectivity index (χ1v) is 6.88. The number of thiophene rings is 1. The number of carbonyl (C=O) groups excluding carboxylic acids is 2. The van der Waals surface area contributed by atoms with Gasteiger partial charge in [0.1, 0.15) is 4.88 Å². The number of hydrogen-bond donors (Lipinski definition) is 1. The van der Waals surface area contributed by atoms with Crippen LogP contribution in [0.2, 0.25) is 0 Å². The molecule has 1 N–H and O–H groups in total. The van der Waals surface area contributed by atoms with E-state index in [4.69, 9.17) is 11.2 Å². The SMILES string of the molecule is C#CCNC(=O)COC(=O)c1cc2cc([N+](=O)[O-])ccc2s1. The first-order valence-electron chi connectivity index (χ1n) is 6.06. The topological polar surface area (TPSA) is 98.5 Å². The highest BCUT2D eigenvalue weighted by atomic mass is 32.1. The van der Waals surface area contributed by atoms with Gasteiger partial charge in [0.25, 0.3) is 11.6 Å². The van der Waals surface area contributed by atoms with E-state index in [9.17, 15) is 19.7 Å². The highest BCUT2D eigenvalue weighted by molar-refractivity contribution is 7.20. The highest BCUT2D eigenvalue weighted by Crippen LogP contribution is 2.29. The molecular formula is C14H10N2O5S. The number of benzene rings is 1. The molecule has 0 saturated carbocycles. The van der Waals surface area contributed by atoms with Crippen LogP contribution in [0.4, 0.5) is 5.69 Å². The van der Waals surface area contributed by atoms with Gasteiger partial charge in [0.05, 0.1) is 11.5 Å². The average Bonchev–Trinajstić information content (AvgIpc) is 2.93. The lowest BCUT2D eigenvalue weighted by molar-refractivity contribution is -0.384. The van der Waals surface area contributed by atoms with Gasteiger partial charge < -0.3 is 10.1 Å². The zero-order valence-corrected chi connectivity index (χ0v) is 12.0. The highest BCUT2D eigenvalue weighted by Gasteiger charge is 2.15. The first kappa shape index (κ1) is 15.5. The van der Waals surface area contributed by atoms with Crippen LogP contribution >= 0.6 is 11.3 Å². The van der Waals surface area contributed by atoms with Gasteiger partial charge in [-0.1, -0.05) is 5.92 Å². The number of esters is 1. The minimum Gasteiger partial charge on any atom is -0.451 e. The van der Waals surface area contributed by atoms with E-state index in [1.807, 2.05) is 0 Å². The maximum atomic E-state index is 11.8. The van der Waals surface area contributed by atoms with Crippen LogP contribution in [0.1, 0.15) is 9.67 Å². The Hall–Kier alpha value is -2.92. The number of non-ortho nitro benzene ring substituents is 1. The summed E-state index contributed by atoms with van der Waals surface area (Å²) in [7, 11) is 0. The molecule has 1 aromatic heterocycles. The Balaban J connectivity index is 2.07. The van der Waals surface area contributed by atoms with Crippen LogP contribution in [0.3, 0.4) is 0 Å². The van der Waals surface area contributed by atoms with E-state index >= 15 is 0 Å². The molecule has 1 amide bonds. The van der Waals surface area contributed by atoms with E-state index in [0.29, 0.717) is 10.1 Å². The fourth-order valence-corrected chi connectivity index (χ4v) is 2.58. The molecule has 0 aliphatic carbocycles. The van der Waals surface area contributed by atoms with Gasteiger partial charge in [-0.3, -0.25) is 14.9 Å². The van der Waals surface area contributed by atoms with E-state index in [2.05, 4.69) is 11.2 Å². The molecule has 0 fully saturated rings. The minimum atomic E-state index is -0.667. The van der Waals surface area contributed by atoms with Crippen molar-refractivity contribution in [2.75, 3.05) is 13.2 Å². The number of ether oxygens (including phenoxy) is 1. The average molecular weight is 318 g/mol. The van der Waals surface area contributed by atoms with E-state index in [0.717, 1.165) is 11.3 Å². The number of hydrogen-bond acceptors (Lipinski definition) is 6. The summed E-state index contributed by atoms with van der Waals surface area (Å²) in [5, 5.41) is 13.6. The molecule has 0 atom stereocenters. The van der Waals surface area contributed by atoms with Crippen LogP contribution < -0.4 is 5.32 Å². The molecule has 0 radical (unpaired) electrons. The number of nitro groups is 1. The Labute approximate surface area is 129 Å². The lowest BCUT2D eigenvalue weighted by Crippen LogP contribution is -2.28. The van der Waals surface area contributed by atoms with Crippen molar-refractivity contribution in [3.05, 3.63) is 39.3 Å². The Morgan fingerprint density at radius 3 is 2.86 bits per heavy atom. The molecule has 0 aliphatic heterocycles. The molecule has 0 bridgehead atoms. The Morgan fingerprint density at radius 1 is 1.41 bits per heavy atom. The van der Waals surface area contributed by atoms with Crippen molar-refractivity contribution in [3.8, 4) is 12.3 Å². The van der Waals surface area contributed by atoms with Crippen molar-refractivity contribution in [2.24, 2.45) is 0 Å². The predicted molar refractivity (Wildman–Crippen MR) is 80.6 cm³/mol. The second-order valence-electron chi connectivity index (χ2n) is 4.15. The Bertz CT molecular complexity index is 790. The Morgan fingerprint density at radius 2 is 2.18 bits per heavy atom. The van der Waals surface area contributed by atoms with E-state index < -0.39 is 23.4 Å². The molecule has 0 unspecified atom stereocenters. The maximum absolute atomic E-state index is 11.8. The standard InChI is InChI=1S/C14H10N2O5S/c1-2-5-15-13(17)8-21-14(18)12-7-9-6-10(16(19)20)3-4-11(9)22-12/h1,3-4,6-7H,5,8H2,(H,15,17). The lowest BCUT2D eigenvalue weighted by atomic mass is 10.2. The third-order valence-corrected chi connectivity index (χ3v) is 3.73. The number of terminal acetylenes is 1. The fourth-order valence-electron chi connectivity index (χ4n) is 1.65. The summed E-state index contributed by atoms with van der Waals surface area (Å²) in [5.74, 6) is 1.06. The molecule has 1 heterocycles. The zero-order valence-electron chi connectivity index (χ0n) is 11.2. The van der Waals surface area contributed by atoms with Crippen LogP contribution in [-0.2, 0) is 9.53 Å². The number of fused-ring (bicyclic) bond motifs is 1. The van der Waals surface area contributed by atoms with Crippen molar-refractivity contribution in [1.29, 1.82) is 0 Å². The van der Waals surface area contributed by atoms with E-state index in [1.165, 1.54) is 18.2 Å². The molecular weight excluding hydrogens is 308 g/mol. The summed E-state index contributed by atoms with van der Waals surface area (Å²) >= 11 is 1.13. The van der Waals surface area contributed by atoms with Crippen molar-refractivity contribution >= 4 is 39.0 Å². The normalized spacial score (nSPS) is 9.95. The Kier molecular flexibility index (Phi) is 4.70. The second-order valence-corrected chi connectivity index (χ2v) is 5.23. The van der Waals surface area contributed by atoms with Gasteiger partial charge in [-0.15, -0.1) is 17.8 Å². The quantitative estimate of drug-likeness (QED) is 0.392. The number of rotatable bonds is 5. The van der Waals surface area contributed by atoms with Gasteiger partial charge in [-0.05, 0) is 12.1 Å². The van der Waals surface area contributed by atoms with Gasteiger partial charge in [0.2, 0.25) is 0 Å². The largest absolute Gasteiger partial charge is 0.451 e. The summed E-state index contributed by atoms with van der Waals surface area (Å²) in [4.78, 5) is 33.6. The van der Waals surface area contributed by atoms with Gasteiger partial charge in [-0.25, -0.2) is 4.79 Å². The van der Waals surface area contributed by atoms with Crippen LogP contribution in [-0.4, -0.2) is 30.0 Å². The van der Waals surface area contributed by atoms with Crippen LogP contribution in [0.5, 0.6) is 0 Å². The third kappa shape index (κ3) is 3.59. The summed E-state index contributed by atoms with van der Waals surface area (Å²) < 4.78 is 5.57. The molecule has 2 aromatic rings. The van der Waals surface area contributed by atoms with Gasteiger partial charge >= 0.3 is 5.97 Å². The van der Waals surface area contributed by atoms with Crippen molar-refractivity contribution in [1.82, 2.24) is 5.32 Å². The van der Waals surface area contributed by atoms with Crippen molar-refractivity contribution in [3.63, 3.8) is 0 Å². The molecule has 22 heavy (non-hydrogen) atoms. The molecule has 0 aliphatic rings. The minimum absolute atomic E-state index is 0.0566. The van der Waals surface area contributed by atoms with Crippen LogP contribution in [0.25, 0.3) is 10.1 Å². The van der Waals surface area contributed by atoms with Gasteiger partial charge in [0, 0.05) is 22.2 Å². The third-order valence-electron chi connectivity index (χ3n) is 2.63. The van der Waals surface area contributed by atoms with Crippen molar-refractivity contribution in [2.45, 2.75) is 0 Å². The second kappa shape index (κ2) is 6.69. The molecule has 1 aromatic carbocycles. The molecule has 2 rings (SSSR count). The maximum Gasteiger partial charge on any atom is 0.348 e. The van der Waals surface area contributed by atoms with Gasteiger partial charge in [0.15, 0.2) is 6.61 Å². The van der Waals surface area contributed by atoms with Crippen LogP contribution in [0, 0.1) is 22.5 Å². The van der Waals surface area contributed by atoms with Crippen LogP contribution in [0.15, 0.2) is 24.3 Å². The first-order chi connectivity index (χ1) is 10.5. The predicted octanol–water partition coefficient (Wildman–Crippen LogP) is 1.72. The number of nitrogens with one attached hydrogen (secondary N) is 1. The monoisotopic (exact) mass is 318 g/mol. The smallest absolute Gasteiger partial charge is 0.348 e. The molecule has 0 spiro atoms. The summed E-state index contributed by atoms with van der Waals surface area (Å²) in [6, 6.07) is 5.80. The van der Waals surface area contributed by atoms with E-state index in [-0.39, 0.29) is 17.1 Å². The number of amides is 1. The molecule has 112 valence electrons. The summed E-state index contributed by atoms with van der Waals surface area (Å²) in [6.07, 6.45) is 4.98. The van der Waals surface area contributed by atoms with E-state index in [1.54, 1.807) is 6.07 Å². The zero-order chi connectivity index (χ0) is 16.1. The molecule has 7 nitrogen and oxygen atoms in total. The van der Waals surface area contributed by atoms with Crippen molar-refractivity contribution < 1.29 is 19.2 Å². The molecule has 0 saturated heterocycles. The van der Waals surface area contributed by atoms with Gasteiger partial charge in [-0.2, -0.15) is 0 Å². The number of carbonyl (C=O) groups is 2. The summed E-state index contributed by atoms with van der Waals surface area (Å²) in [5.41, 5.74) is -0.0566. The molecule has 8 heteroatoms. The summed E-state index contributed by atoms with van der Waals surface area (Å²) in [6.45, 7) is -0.377. The number of nitrogens with zero attached hydrogens (tertiary/aromatic N) is 1. The lowest BCUT2D eigenvalue weighted by Gasteiger charge is -2.02.